The number of ether oxygens (including phenoxy) is 1. The standard InChI is InChI=1S/C13H14Cl2N2O4/c14-8-1-2-11(10(15)5-8)16-13(20)17-3-4-21-7-9(17)6-12(18)19/h1-2,5,9H,3-4,6-7H2,(H,16,20)(H,18,19). The lowest BCUT2D eigenvalue weighted by Crippen LogP contribution is -2.51. The van der Waals surface area contributed by atoms with Gasteiger partial charge in [0.05, 0.1) is 36.4 Å². The number of halogens is 2. The molecule has 1 aliphatic heterocycles. The second-order valence-electron chi connectivity index (χ2n) is 4.57. The fourth-order valence-corrected chi connectivity index (χ4v) is 2.53. The summed E-state index contributed by atoms with van der Waals surface area (Å²) >= 11 is 11.8. The van der Waals surface area contributed by atoms with Crippen LogP contribution in [0.1, 0.15) is 6.42 Å². The third kappa shape index (κ3) is 4.23. The van der Waals surface area contributed by atoms with E-state index in [9.17, 15) is 9.59 Å². The molecular formula is C13H14Cl2N2O4. The van der Waals surface area contributed by atoms with E-state index < -0.39 is 18.0 Å². The van der Waals surface area contributed by atoms with E-state index in [1.54, 1.807) is 12.1 Å². The first-order chi connectivity index (χ1) is 9.97. The first kappa shape index (κ1) is 15.9. The van der Waals surface area contributed by atoms with Crippen molar-refractivity contribution in [2.75, 3.05) is 25.1 Å². The molecule has 8 heteroatoms. The number of carbonyl (C=O) groups excluding carboxylic acids is 1. The van der Waals surface area contributed by atoms with Gasteiger partial charge in [-0.3, -0.25) is 4.79 Å². The van der Waals surface area contributed by atoms with E-state index in [1.807, 2.05) is 0 Å². The lowest BCUT2D eigenvalue weighted by Gasteiger charge is -2.34. The Morgan fingerprint density at radius 1 is 1.43 bits per heavy atom. The summed E-state index contributed by atoms with van der Waals surface area (Å²) in [6.07, 6.45) is -0.165. The molecule has 2 amide bonds. The summed E-state index contributed by atoms with van der Waals surface area (Å²) in [5.41, 5.74) is 0.423. The Morgan fingerprint density at radius 3 is 2.86 bits per heavy atom. The van der Waals surface area contributed by atoms with Gasteiger partial charge in [0, 0.05) is 11.6 Å². The lowest BCUT2D eigenvalue weighted by atomic mass is 10.1. The minimum atomic E-state index is -0.979. The Hall–Kier alpha value is -1.50. The molecule has 0 aromatic heterocycles. The smallest absolute Gasteiger partial charge is 0.322 e. The molecule has 114 valence electrons. The van der Waals surface area contributed by atoms with E-state index in [1.165, 1.54) is 11.0 Å². The van der Waals surface area contributed by atoms with Crippen molar-refractivity contribution in [3.05, 3.63) is 28.2 Å². The van der Waals surface area contributed by atoms with Crippen LogP contribution in [0.25, 0.3) is 0 Å². The molecule has 0 saturated carbocycles. The Kier molecular flexibility index (Phi) is 5.27. The van der Waals surface area contributed by atoms with Gasteiger partial charge in [0.1, 0.15) is 0 Å². The maximum absolute atomic E-state index is 12.3. The van der Waals surface area contributed by atoms with Gasteiger partial charge >= 0.3 is 12.0 Å². The average molecular weight is 333 g/mol. The Balaban J connectivity index is 2.08. The molecule has 0 radical (unpaired) electrons. The number of carboxylic acids is 1. The predicted octanol–water partition coefficient (Wildman–Crippen LogP) is 2.70. The number of nitrogens with zero attached hydrogens (tertiary/aromatic N) is 1. The van der Waals surface area contributed by atoms with Gasteiger partial charge in [-0.2, -0.15) is 0 Å². The minimum absolute atomic E-state index is 0.165. The molecule has 6 nitrogen and oxygen atoms in total. The number of nitrogens with one attached hydrogen (secondary N) is 1. The van der Waals surface area contributed by atoms with Crippen LogP contribution in [-0.2, 0) is 9.53 Å². The van der Waals surface area contributed by atoms with Crippen LogP contribution in [0.15, 0.2) is 18.2 Å². The third-order valence-electron chi connectivity index (χ3n) is 3.07. The number of hydrogen-bond acceptors (Lipinski definition) is 3. The first-order valence-corrected chi connectivity index (χ1v) is 7.05. The molecule has 0 bridgehead atoms. The van der Waals surface area contributed by atoms with E-state index in [-0.39, 0.29) is 13.0 Å². The quantitative estimate of drug-likeness (QED) is 0.891. The van der Waals surface area contributed by atoms with Gasteiger partial charge in [0.25, 0.3) is 0 Å². The summed E-state index contributed by atoms with van der Waals surface area (Å²) in [7, 11) is 0. The lowest BCUT2D eigenvalue weighted by molar-refractivity contribution is -0.139. The van der Waals surface area contributed by atoms with Crippen molar-refractivity contribution in [3.8, 4) is 0 Å². The molecule has 1 atom stereocenters. The second kappa shape index (κ2) is 6.98. The zero-order valence-corrected chi connectivity index (χ0v) is 12.5. The topological polar surface area (TPSA) is 78.9 Å². The number of carboxylic acid groups (broad SMARTS) is 1. The van der Waals surface area contributed by atoms with Gasteiger partial charge < -0.3 is 20.1 Å². The Labute approximate surface area is 131 Å². The molecular weight excluding hydrogens is 319 g/mol. The first-order valence-electron chi connectivity index (χ1n) is 6.29. The number of aliphatic carboxylic acids is 1. The number of morpholine rings is 1. The highest BCUT2D eigenvalue weighted by atomic mass is 35.5. The van der Waals surface area contributed by atoms with Crippen LogP contribution >= 0.6 is 23.2 Å². The maximum atomic E-state index is 12.3. The number of benzene rings is 1. The summed E-state index contributed by atoms with van der Waals surface area (Å²) in [6.45, 7) is 0.904. The fourth-order valence-electron chi connectivity index (χ4n) is 2.07. The molecule has 2 N–H and O–H groups in total. The highest BCUT2D eigenvalue weighted by molar-refractivity contribution is 6.36. The van der Waals surface area contributed by atoms with Crippen molar-refractivity contribution in [1.82, 2.24) is 4.90 Å². The van der Waals surface area contributed by atoms with Gasteiger partial charge in [-0.25, -0.2) is 4.79 Å². The monoisotopic (exact) mass is 332 g/mol. The third-order valence-corrected chi connectivity index (χ3v) is 3.62. The van der Waals surface area contributed by atoms with Gasteiger partial charge in [0.2, 0.25) is 0 Å². The van der Waals surface area contributed by atoms with Crippen LogP contribution in [0.5, 0.6) is 0 Å². The van der Waals surface area contributed by atoms with Crippen molar-refractivity contribution < 1.29 is 19.4 Å². The zero-order valence-electron chi connectivity index (χ0n) is 11.0. The highest BCUT2D eigenvalue weighted by Gasteiger charge is 2.29. The number of urea groups is 1. The van der Waals surface area contributed by atoms with Gasteiger partial charge in [-0.05, 0) is 18.2 Å². The van der Waals surface area contributed by atoms with Gasteiger partial charge in [0.15, 0.2) is 0 Å². The molecule has 1 aromatic carbocycles. The summed E-state index contributed by atoms with van der Waals surface area (Å²) in [4.78, 5) is 24.6. The molecule has 1 heterocycles. The van der Waals surface area contributed by atoms with Crippen molar-refractivity contribution in [2.24, 2.45) is 0 Å². The van der Waals surface area contributed by atoms with Crippen LogP contribution in [0, 0.1) is 0 Å². The van der Waals surface area contributed by atoms with Crippen molar-refractivity contribution in [2.45, 2.75) is 12.5 Å². The molecule has 1 unspecified atom stereocenters. The Morgan fingerprint density at radius 2 is 2.19 bits per heavy atom. The van der Waals surface area contributed by atoms with Gasteiger partial charge in [-0.1, -0.05) is 23.2 Å². The van der Waals surface area contributed by atoms with Crippen molar-refractivity contribution >= 4 is 40.9 Å². The van der Waals surface area contributed by atoms with Gasteiger partial charge in [-0.15, -0.1) is 0 Å². The van der Waals surface area contributed by atoms with E-state index in [4.69, 9.17) is 33.0 Å². The number of hydrogen-bond donors (Lipinski definition) is 2. The van der Waals surface area contributed by atoms with Crippen LogP contribution in [0.4, 0.5) is 10.5 Å². The minimum Gasteiger partial charge on any atom is -0.481 e. The molecule has 1 fully saturated rings. The van der Waals surface area contributed by atoms with Crippen molar-refractivity contribution in [3.63, 3.8) is 0 Å². The van der Waals surface area contributed by atoms with E-state index >= 15 is 0 Å². The highest BCUT2D eigenvalue weighted by Crippen LogP contribution is 2.26. The predicted molar refractivity (Wildman–Crippen MR) is 79.0 cm³/mol. The summed E-state index contributed by atoms with van der Waals surface area (Å²) in [6, 6.07) is 3.81. The summed E-state index contributed by atoms with van der Waals surface area (Å²) in [5.74, 6) is -0.979. The molecule has 0 aliphatic carbocycles. The molecule has 1 saturated heterocycles. The van der Waals surface area contributed by atoms with Crippen LogP contribution in [0.2, 0.25) is 10.0 Å². The Bertz CT molecular complexity index is 553. The van der Waals surface area contributed by atoms with E-state index in [2.05, 4.69) is 5.32 Å². The SMILES string of the molecule is O=C(O)CC1COCCN1C(=O)Nc1ccc(Cl)cc1Cl. The molecule has 0 spiro atoms. The number of rotatable bonds is 3. The van der Waals surface area contributed by atoms with E-state index in [0.29, 0.717) is 28.9 Å². The average Bonchev–Trinajstić information content (AvgIpc) is 2.42. The maximum Gasteiger partial charge on any atom is 0.322 e. The van der Waals surface area contributed by atoms with Crippen LogP contribution in [0.3, 0.4) is 0 Å². The second-order valence-corrected chi connectivity index (χ2v) is 5.42. The van der Waals surface area contributed by atoms with E-state index in [0.717, 1.165) is 0 Å². The molecule has 21 heavy (non-hydrogen) atoms. The largest absolute Gasteiger partial charge is 0.481 e. The molecule has 1 aromatic rings. The number of carbonyl (C=O) groups is 2. The van der Waals surface area contributed by atoms with Crippen LogP contribution in [-0.4, -0.2) is 47.8 Å². The number of amides is 2. The number of anilines is 1. The van der Waals surface area contributed by atoms with Crippen LogP contribution < -0.4 is 5.32 Å². The molecule has 2 rings (SSSR count). The summed E-state index contributed by atoms with van der Waals surface area (Å²) in [5, 5.41) is 12.3. The summed E-state index contributed by atoms with van der Waals surface area (Å²) < 4.78 is 5.22. The normalized spacial score (nSPS) is 18.4. The molecule has 1 aliphatic rings. The zero-order chi connectivity index (χ0) is 15.4. The fraction of sp³-hybridized carbons (Fsp3) is 0.385. The van der Waals surface area contributed by atoms with Crippen molar-refractivity contribution in [1.29, 1.82) is 0 Å².